The number of piperidine rings is 2. The summed E-state index contributed by atoms with van der Waals surface area (Å²) in [5.74, 6) is 2.91. The van der Waals surface area contributed by atoms with Gasteiger partial charge in [0.2, 0.25) is 17.8 Å². The number of nitrogens with zero attached hydrogens (tertiary/aromatic N) is 7. The largest absolute Gasteiger partial charge is 0.491 e. The van der Waals surface area contributed by atoms with E-state index < -0.39 is 0 Å². The Morgan fingerprint density at radius 3 is 2.17 bits per heavy atom. The van der Waals surface area contributed by atoms with E-state index in [4.69, 9.17) is 19.7 Å². The molecule has 40 heavy (non-hydrogen) atoms. The van der Waals surface area contributed by atoms with E-state index in [-0.39, 0.29) is 0 Å². The molecule has 0 bridgehead atoms. The molecule has 208 valence electrons. The van der Waals surface area contributed by atoms with Crippen LogP contribution in [0.4, 0.5) is 17.8 Å². The minimum atomic E-state index is 0.489. The van der Waals surface area contributed by atoms with Gasteiger partial charge in [-0.05, 0) is 63.1 Å². The van der Waals surface area contributed by atoms with Crippen LogP contribution in [-0.2, 0) is 6.54 Å². The second kappa shape index (κ2) is 12.4. The minimum Gasteiger partial charge on any atom is -0.491 e. The van der Waals surface area contributed by atoms with Crippen molar-refractivity contribution in [2.24, 2.45) is 5.10 Å². The molecular weight excluding hydrogens is 500 g/mol. The van der Waals surface area contributed by atoms with Gasteiger partial charge in [-0.25, -0.2) is 5.43 Å². The average Bonchev–Trinajstić information content (AvgIpc) is 3.36. The maximum Gasteiger partial charge on any atom is 0.250 e. The van der Waals surface area contributed by atoms with Crippen molar-refractivity contribution in [3.05, 3.63) is 65.9 Å². The Bertz CT molecular complexity index is 1420. The number of hydrogen-bond acceptors (Lipinski definition) is 8. The van der Waals surface area contributed by atoms with Crippen LogP contribution in [-0.4, -0.2) is 58.5 Å². The first-order chi connectivity index (χ1) is 19.7. The van der Waals surface area contributed by atoms with Gasteiger partial charge in [-0.2, -0.15) is 20.1 Å². The van der Waals surface area contributed by atoms with Crippen LogP contribution < -0.4 is 20.0 Å². The van der Waals surface area contributed by atoms with Crippen molar-refractivity contribution in [1.82, 2.24) is 19.5 Å². The van der Waals surface area contributed by atoms with Gasteiger partial charge >= 0.3 is 0 Å². The number of rotatable bonds is 9. The lowest BCUT2D eigenvalue weighted by Crippen LogP contribution is -2.34. The van der Waals surface area contributed by atoms with Gasteiger partial charge in [0.15, 0.2) is 0 Å². The molecule has 0 spiro atoms. The number of para-hydroxylation sites is 2. The molecule has 0 unspecified atom stereocenters. The molecule has 0 aliphatic carbocycles. The van der Waals surface area contributed by atoms with E-state index in [9.17, 15) is 0 Å². The number of nitrogens with one attached hydrogen (secondary N) is 1. The van der Waals surface area contributed by atoms with Gasteiger partial charge in [0, 0.05) is 48.8 Å². The zero-order valence-electron chi connectivity index (χ0n) is 23.3. The molecule has 1 N–H and O–H groups in total. The molecule has 2 fully saturated rings. The Labute approximate surface area is 235 Å². The summed E-state index contributed by atoms with van der Waals surface area (Å²) in [5, 5.41) is 5.72. The van der Waals surface area contributed by atoms with Crippen molar-refractivity contribution in [3.63, 3.8) is 0 Å². The van der Waals surface area contributed by atoms with Crippen LogP contribution in [0.5, 0.6) is 5.75 Å². The lowest BCUT2D eigenvalue weighted by atomic mass is 10.1. The first-order valence-corrected chi connectivity index (χ1v) is 14.6. The first-order valence-electron chi connectivity index (χ1n) is 14.6. The summed E-state index contributed by atoms with van der Waals surface area (Å²) >= 11 is 0. The van der Waals surface area contributed by atoms with Crippen LogP contribution in [0, 0.1) is 6.92 Å². The molecule has 2 aromatic carbocycles. The normalized spacial score (nSPS) is 16.1. The monoisotopic (exact) mass is 538 g/mol. The summed E-state index contributed by atoms with van der Waals surface area (Å²) < 4.78 is 8.29. The van der Waals surface area contributed by atoms with Gasteiger partial charge < -0.3 is 19.1 Å². The summed E-state index contributed by atoms with van der Waals surface area (Å²) in [6.07, 6.45) is 11.2. The van der Waals surface area contributed by atoms with Gasteiger partial charge in [-0.1, -0.05) is 36.4 Å². The van der Waals surface area contributed by atoms with Gasteiger partial charge in [0.05, 0.1) is 12.8 Å². The molecule has 0 radical (unpaired) electrons. The van der Waals surface area contributed by atoms with E-state index in [1.165, 1.54) is 38.5 Å². The van der Waals surface area contributed by atoms with Crippen molar-refractivity contribution in [2.45, 2.75) is 52.0 Å². The summed E-state index contributed by atoms with van der Waals surface area (Å²) in [6.45, 7) is 7.33. The summed E-state index contributed by atoms with van der Waals surface area (Å²) in [4.78, 5) is 18.9. The zero-order chi connectivity index (χ0) is 27.1. The predicted octanol–water partition coefficient (Wildman–Crippen LogP) is 5.64. The third-order valence-electron chi connectivity index (χ3n) is 7.76. The van der Waals surface area contributed by atoms with Crippen molar-refractivity contribution in [1.29, 1.82) is 0 Å². The van der Waals surface area contributed by atoms with Crippen LogP contribution in [0.3, 0.4) is 0 Å². The second-order valence-corrected chi connectivity index (χ2v) is 10.6. The third-order valence-corrected chi connectivity index (χ3v) is 7.76. The Balaban J connectivity index is 1.19. The SMILES string of the molecule is Cc1ccccc1OCCn1cc(/C=N\Nc2nc(N3CCCCC3)nc(N3CCCCC3)n2)c2ccccc21. The highest BCUT2D eigenvalue weighted by Crippen LogP contribution is 2.24. The number of aromatic nitrogens is 4. The Hall–Kier alpha value is -4.14. The zero-order valence-corrected chi connectivity index (χ0v) is 23.3. The summed E-state index contributed by atoms with van der Waals surface area (Å²) in [6, 6.07) is 16.5. The fourth-order valence-electron chi connectivity index (χ4n) is 5.57. The van der Waals surface area contributed by atoms with Gasteiger partial charge in [-0.3, -0.25) is 0 Å². The van der Waals surface area contributed by atoms with E-state index in [1.807, 2.05) is 24.4 Å². The lowest BCUT2D eigenvalue weighted by molar-refractivity contribution is 0.298. The minimum absolute atomic E-state index is 0.489. The molecule has 0 saturated carbocycles. The molecule has 9 nitrogen and oxygen atoms in total. The highest BCUT2D eigenvalue weighted by atomic mass is 16.5. The van der Waals surface area contributed by atoms with Gasteiger partial charge in [-0.15, -0.1) is 0 Å². The number of hydrazone groups is 1. The van der Waals surface area contributed by atoms with Crippen LogP contribution in [0.1, 0.15) is 49.7 Å². The third kappa shape index (κ3) is 6.03. The molecule has 6 rings (SSSR count). The number of benzene rings is 2. The number of hydrogen-bond donors (Lipinski definition) is 1. The second-order valence-electron chi connectivity index (χ2n) is 10.6. The molecule has 4 heterocycles. The fraction of sp³-hybridized carbons (Fsp3) is 0.419. The molecular formula is C31H38N8O. The number of aryl methyl sites for hydroxylation is 1. The molecule has 0 amide bonds. The number of anilines is 3. The lowest BCUT2D eigenvalue weighted by Gasteiger charge is -2.30. The standard InChI is InChI=1S/C31H38N8O/c1-24-12-4-7-15-28(24)40-21-20-39-23-25(26-13-5-6-14-27(26)39)22-32-36-29-33-30(37-16-8-2-9-17-37)35-31(34-29)38-18-10-3-11-19-38/h4-7,12-15,22-23H,2-3,8-11,16-21H2,1H3,(H,33,34,35,36)/b32-22-. The molecule has 9 heteroatoms. The molecule has 2 aromatic heterocycles. The molecule has 2 aliphatic rings. The number of ether oxygens (including phenoxy) is 1. The molecule has 0 atom stereocenters. The number of fused-ring (bicyclic) bond motifs is 1. The maximum absolute atomic E-state index is 6.06. The first kappa shape index (κ1) is 26.1. The molecule has 2 aliphatic heterocycles. The van der Waals surface area contributed by atoms with Crippen molar-refractivity contribution >= 4 is 35.0 Å². The van der Waals surface area contributed by atoms with E-state index >= 15 is 0 Å². The Kier molecular flexibility index (Phi) is 8.07. The molecule has 2 saturated heterocycles. The highest BCUT2D eigenvalue weighted by Gasteiger charge is 2.20. The van der Waals surface area contributed by atoms with Crippen molar-refractivity contribution in [3.8, 4) is 5.75 Å². The van der Waals surface area contributed by atoms with Crippen LogP contribution in [0.2, 0.25) is 0 Å². The Morgan fingerprint density at radius 2 is 1.48 bits per heavy atom. The van der Waals surface area contributed by atoms with E-state index in [1.54, 1.807) is 0 Å². The smallest absolute Gasteiger partial charge is 0.250 e. The summed E-state index contributed by atoms with van der Waals surface area (Å²) in [5.41, 5.74) is 6.44. The topological polar surface area (TPSA) is 83.7 Å². The van der Waals surface area contributed by atoms with Crippen molar-refractivity contribution < 1.29 is 4.74 Å². The van der Waals surface area contributed by atoms with Gasteiger partial charge in [0.1, 0.15) is 12.4 Å². The summed E-state index contributed by atoms with van der Waals surface area (Å²) in [7, 11) is 0. The molecule has 4 aromatic rings. The maximum atomic E-state index is 6.06. The van der Waals surface area contributed by atoms with E-state index in [0.717, 1.165) is 72.4 Å². The van der Waals surface area contributed by atoms with Crippen LogP contribution >= 0.6 is 0 Å². The highest BCUT2D eigenvalue weighted by molar-refractivity contribution is 5.99. The van der Waals surface area contributed by atoms with Crippen LogP contribution in [0.15, 0.2) is 59.8 Å². The average molecular weight is 539 g/mol. The predicted molar refractivity (Wildman–Crippen MR) is 162 cm³/mol. The van der Waals surface area contributed by atoms with Gasteiger partial charge in [0.25, 0.3) is 0 Å². The Morgan fingerprint density at radius 1 is 0.825 bits per heavy atom. The van der Waals surface area contributed by atoms with Crippen LogP contribution in [0.25, 0.3) is 10.9 Å². The van der Waals surface area contributed by atoms with E-state index in [2.05, 4.69) is 68.3 Å². The quantitative estimate of drug-likeness (QED) is 0.218. The van der Waals surface area contributed by atoms with E-state index in [0.29, 0.717) is 12.6 Å². The fourth-order valence-corrected chi connectivity index (χ4v) is 5.57. The van der Waals surface area contributed by atoms with Crippen molar-refractivity contribution in [2.75, 3.05) is 48.0 Å².